The molecule has 27 heavy (non-hydrogen) atoms. The normalized spacial score (nSPS) is 18.3. The van der Waals surface area contributed by atoms with E-state index < -0.39 is 11.9 Å². The van der Waals surface area contributed by atoms with E-state index in [1.54, 1.807) is 32.4 Å². The minimum atomic E-state index is -0.703. The van der Waals surface area contributed by atoms with E-state index in [2.05, 4.69) is 4.90 Å². The van der Waals surface area contributed by atoms with Crippen molar-refractivity contribution in [2.45, 2.75) is 25.0 Å². The molecule has 2 aromatic carbocycles. The maximum Gasteiger partial charge on any atom is 0.165 e. The van der Waals surface area contributed by atoms with E-state index >= 15 is 0 Å². The van der Waals surface area contributed by atoms with Crippen LogP contribution < -0.4 is 14.2 Å². The third-order valence-electron chi connectivity index (χ3n) is 4.87. The third-order valence-corrected chi connectivity index (χ3v) is 4.87. The highest BCUT2D eigenvalue weighted by atomic mass is 19.1. The highest BCUT2D eigenvalue weighted by molar-refractivity contribution is 5.44. The summed E-state index contributed by atoms with van der Waals surface area (Å²) in [4.78, 5) is 2.23. The van der Waals surface area contributed by atoms with Crippen molar-refractivity contribution >= 4 is 0 Å². The molecule has 3 rings (SSSR count). The predicted molar refractivity (Wildman–Crippen MR) is 101 cm³/mol. The molecule has 2 atom stereocenters. The van der Waals surface area contributed by atoms with Gasteiger partial charge in [0.2, 0.25) is 0 Å². The number of nitrogens with zero attached hydrogens (tertiary/aromatic N) is 1. The predicted octanol–water partition coefficient (Wildman–Crippen LogP) is 3.42. The lowest BCUT2D eigenvalue weighted by Crippen LogP contribution is -2.35. The molecule has 0 bridgehead atoms. The summed E-state index contributed by atoms with van der Waals surface area (Å²) in [7, 11) is 3.24. The first-order chi connectivity index (χ1) is 13.1. The molecule has 0 spiro atoms. The van der Waals surface area contributed by atoms with Crippen LogP contribution in [-0.2, 0) is 0 Å². The van der Waals surface area contributed by atoms with Crippen molar-refractivity contribution in [2.75, 3.05) is 33.9 Å². The van der Waals surface area contributed by atoms with E-state index in [9.17, 15) is 9.50 Å². The SMILES string of the molecule is COc1ccc(C2CCCN2CC(O)COc2ccccc2F)cc1OC. The maximum atomic E-state index is 13.6. The van der Waals surface area contributed by atoms with Crippen molar-refractivity contribution < 1.29 is 23.7 Å². The molecule has 1 fully saturated rings. The molecule has 0 radical (unpaired) electrons. The average molecular weight is 375 g/mol. The number of benzene rings is 2. The molecule has 2 aromatic rings. The second-order valence-electron chi connectivity index (χ2n) is 6.66. The second-order valence-corrected chi connectivity index (χ2v) is 6.66. The van der Waals surface area contributed by atoms with Gasteiger partial charge in [-0.1, -0.05) is 18.2 Å². The standard InChI is InChI=1S/C21H26FNO4/c1-25-20-10-9-15(12-21(20)26-2)18-7-5-11-23(18)13-16(24)14-27-19-8-4-3-6-17(19)22/h3-4,6,8-10,12,16,18,24H,5,7,11,13-14H2,1-2H3. The van der Waals surface area contributed by atoms with Gasteiger partial charge in [0.25, 0.3) is 0 Å². The number of rotatable bonds is 8. The van der Waals surface area contributed by atoms with Gasteiger partial charge in [0.1, 0.15) is 12.7 Å². The molecule has 2 unspecified atom stereocenters. The third kappa shape index (κ3) is 4.70. The Kier molecular flexibility index (Phi) is 6.53. The van der Waals surface area contributed by atoms with Crippen molar-refractivity contribution in [3.05, 3.63) is 53.8 Å². The molecule has 0 amide bonds. The van der Waals surface area contributed by atoms with Crippen LogP contribution in [0, 0.1) is 5.82 Å². The number of methoxy groups -OCH3 is 2. The fourth-order valence-corrected chi connectivity index (χ4v) is 3.55. The molecule has 6 heteroatoms. The van der Waals surface area contributed by atoms with Gasteiger partial charge >= 0.3 is 0 Å². The van der Waals surface area contributed by atoms with E-state index in [1.165, 1.54) is 6.07 Å². The number of ether oxygens (including phenoxy) is 3. The van der Waals surface area contributed by atoms with Gasteiger partial charge in [0, 0.05) is 12.6 Å². The first-order valence-corrected chi connectivity index (χ1v) is 9.13. The average Bonchev–Trinajstić information content (AvgIpc) is 3.14. The molecular weight excluding hydrogens is 349 g/mol. The van der Waals surface area contributed by atoms with Gasteiger partial charge in [-0.2, -0.15) is 0 Å². The zero-order valence-electron chi connectivity index (χ0n) is 15.7. The van der Waals surface area contributed by atoms with Crippen LogP contribution in [0.5, 0.6) is 17.2 Å². The van der Waals surface area contributed by atoms with Gasteiger partial charge in [-0.05, 0) is 49.2 Å². The Bertz CT molecular complexity index is 755. The monoisotopic (exact) mass is 375 g/mol. The van der Waals surface area contributed by atoms with Crippen LogP contribution in [0.15, 0.2) is 42.5 Å². The van der Waals surface area contributed by atoms with Crippen molar-refractivity contribution in [2.24, 2.45) is 0 Å². The van der Waals surface area contributed by atoms with Crippen LogP contribution in [-0.4, -0.2) is 50.0 Å². The highest BCUT2D eigenvalue weighted by Crippen LogP contribution is 2.36. The summed E-state index contributed by atoms with van der Waals surface area (Å²) in [5.74, 6) is 1.14. The first-order valence-electron chi connectivity index (χ1n) is 9.13. The number of aliphatic hydroxyl groups excluding tert-OH is 1. The van der Waals surface area contributed by atoms with Crippen LogP contribution in [0.25, 0.3) is 0 Å². The Morgan fingerprint density at radius 2 is 1.89 bits per heavy atom. The fourth-order valence-electron chi connectivity index (χ4n) is 3.55. The first kappa shape index (κ1) is 19.5. The summed E-state index contributed by atoms with van der Waals surface area (Å²) < 4.78 is 29.8. The number of hydrogen-bond donors (Lipinski definition) is 1. The number of para-hydroxylation sites is 1. The minimum absolute atomic E-state index is 0.0517. The molecule has 0 aromatic heterocycles. The summed E-state index contributed by atoms with van der Waals surface area (Å²) >= 11 is 0. The van der Waals surface area contributed by atoms with Gasteiger partial charge in [0.05, 0.1) is 14.2 Å². The molecule has 1 N–H and O–H groups in total. The number of β-amino-alcohol motifs (C(OH)–C–C–N with tert-alkyl or cyclic N) is 1. The topological polar surface area (TPSA) is 51.2 Å². The lowest BCUT2D eigenvalue weighted by atomic mass is 10.0. The summed E-state index contributed by atoms with van der Waals surface area (Å²) in [6, 6.07) is 12.3. The van der Waals surface area contributed by atoms with E-state index in [-0.39, 0.29) is 18.4 Å². The van der Waals surface area contributed by atoms with Crippen LogP contribution in [0.1, 0.15) is 24.4 Å². The smallest absolute Gasteiger partial charge is 0.165 e. The summed E-state index contributed by atoms with van der Waals surface area (Å²) in [6.07, 6.45) is 1.36. The van der Waals surface area contributed by atoms with Gasteiger partial charge in [0.15, 0.2) is 23.1 Å². The van der Waals surface area contributed by atoms with Crippen LogP contribution >= 0.6 is 0 Å². The van der Waals surface area contributed by atoms with Gasteiger partial charge in [-0.3, -0.25) is 4.90 Å². The summed E-state index contributed by atoms with van der Waals surface area (Å²) in [5.41, 5.74) is 1.13. The summed E-state index contributed by atoms with van der Waals surface area (Å²) in [6.45, 7) is 1.42. The lowest BCUT2D eigenvalue weighted by Gasteiger charge is -2.27. The van der Waals surface area contributed by atoms with E-state index in [1.807, 2.05) is 18.2 Å². The van der Waals surface area contributed by atoms with E-state index in [0.29, 0.717) is 18.0 Å². The van der Waals surface area contributed by atoms with Gasteiger partial charge in [-0.15, -0.1) is 0 Å². The Morgan fingerprint density at radius 1 is 1.11 bits per heavy atom. The van der Waals surface area contributed by atoms with Crippen LogP contribution in [0.3, 0.4) is 0 Å². The van der Waals surface area contributed by atoms with Gasteiger partial charge in [-0.25, -0.2) is 4.39 Å². The quantitative estimate of drug-likeness (QED) is 0.766. The Balaban J connectivity index is 1.62. The van der Waals surface area contributed by atoms with Crippen molar-refractivity contribution in [1.29, 1.82) is 0 Å². The number of aliphatic hydroxyl groups is 1. The Morgan fingerprint density at radius 3 is 2.63 bits per heavy atom. The molecule has 1 aliphatic rings. The van der Waals surface area contributed by atoms with Crippen molar-refractivity contribution in [3.8, 4) is 17.2 Å². The highest BCUT2D eigenvalue weighted by Gasteiger charge is 2.28. The Hall–Kier alpha value is -2.31. The van der Waals surface area contributed by atoms with Crippen LogP contribution in [0.4, 0.5) is 4.39 Å². The van der Waals surface area contributed by atoms with E-state index in [0.717, 1.165) is 24.9 Å². The van der Waals surface area contributed by atoms with Gasteiger partial charge < -0.3 is 19.3 Å². The molecular formula is C21H26FNO4. The zero-order chi connectivity index (χ0) is 19.2. The second kappa shape index (κ2) is 9.06. The number of likely N-dealkylation sites (tertiary alicyclic amines) is 1. The summed E-state index contributed by atoms with van der Waals surface area (Å²) in [5, 5.41) is 10.4. The number of halogens is 1. The zero-order valence-corrected chi connectivity index (χ0v) is 15.7. The lowest BCUT2D eigenvalue weighted by molar-refractivity contribution is 0.0625. The molecule has 1 saturated heterocycles. The maximum absolute atomic E-state index is 13.6. The largest absolute Gasteiger partial charge is 0.493 e. The van der Waals surface area contributed by atoms with Crippen molar-refractivity contribution in [3.63, 3.8) is 0 Å². The minimum Gasteiger partial charge on any atom is -0.493 e. The van der Waals surface area contributed by atoms with E-state index in [4.69, 9.17) is 14.2 Å². The van der Waals surface area contributed by atoms with Crippen molar-refractivity contribution in [1.82, 2.24) is 4.90 Å². The molecule has 5 nitrogen and oxygen atoms in total. The Labute approximate surface area is 159 Å². The molecule has 146 valence electrons. The molecule has 0 aliphatic carbocycles. The fraction of sp³-hybridized carbons (Fsp3) is 0.429. The molecule has 1 heterocycles. The molecule has 0 saturated carbocycles. The van der Waals surface area contributed by atoms with Crippen LogP contribution in [0.2, 0.25) is 0 Å². The number of hydrogen-bond acceptors (Lipinski definition) is 5. The molecule has 1 aliphatic heterocycles.